The Morgan fingerprint density at radius 2 is 1.55 bits per heavy atom. The van der Waals surface area contributed by atoms with Gasteiger partial charge in [-0.25, -0.2) is 4.79 Å². The lowest BCUT2D eigenvalue weighted by Gasteiger charge is -2.14. The number of nitrogens with one attached hydrogen (secondary N) is 1. The van der Waals surface area contributed by atoms with E-state index in [0.717, 1.165) is 10.5 Å². The molecule has 0 aromatic heterocycles. The molecule has 0 atom stereocenters. The number of fused-ring (bicyclic) bond motifs is 3. The molecule has 0 unspecified atom stereocenters. The fourth-order valence-corrected chi connectivity index (χ4v) is 4.35. The van der Waals surface area contributed by atoms with E-state index in [1.807, 2.05) is 48.5 Å². The minimum absolute atomic E-state index is 0.0657. The first-order chi connectivity index (χ1) is 14.3. The molecule has 3 aromatic carbocycles. The predicted molar refractivity (Wildman–Crippen MR) is 116 cm³/mol. The molecule has 148 valence electrons. The molecule has 0 heterocycles. The van der Waals surface area contributed by atoms with E-state index in [1.165, 1.54) is 22.3 Å². The van der Waals surface area contributed by atoms with Crippen LogP contribution in [0, 0.1) is 0 Å². The van der Waals surface area contributed by atoms with Crippen molar-refractivity contribution in [2.75, 3.05) is 19.0 Å². The zero-order chi connectivity index (χ0) is 20.1. The highest BCUT2D eigenvalue weighted by molar-refractivity contribution is 7.99. The number of rotatable bonds is 7. The summed E-state index contributed by atoms with van der Waals surface area (Å²) in [5, 5.41) is 11.7. The van der Waals surface area contributed by atoms with Gasteiger partial charge in [-0.15, -0.1) is 11.8 Å². The van der Waals surface area contributed by atoms with E-state index in [2.05, 4.69) is 29.6 Å². The fraction of sp³-hybridized carbons (Fsp3) is 0.208. The number of benzene rings is 3. The fourth-order valence-electron chi connectivity index (χ4n) is 3.69. The summed E-state index contributed by atoms with van der Waals surface area (Å²) in [5.74, 6) is 0.744. The Morgan fingerprint density at radius 3 is 2.17 bits per heavy atom. The van der Waals surface area contributed by atoms with Gasteiger partial charge in [0.1, 0.15) is 6.61 Å². The lowest BCUT2D eigenvalue weighted by molar-refractivity contribution is 0.142. The summed E-state index contributed by atoms with van der Waals surface area (Å²) in [4.78, 5) is 13.3. The molecule has 0 radical (unpaired) electrons. The summed E-state index contributed by atoms with van der Waals surface area (Å²) in [6, 6.07) is 24.5. The Kier molecular flexibility index (Phi) is 6.17. The van der Waals surface area contributed by atoms with E-state index in [4.69, 9.17) is 9.84 Å². The molecule has 1 aliphatic carbocycles. The van der Waals surface area contributed by atoms with Crippen molar-refractivity contribution in [2.24, 2.45) is 0 Å². The van der Waals surface area contributed by atoms with Gasteiger partial charge in [-0.05, 0) is 39.9 Å². The van der Waals surface area contributed by atoms with Crippen molar-refractivity contribution in [1.29, 1.82) is 0 Å². The highest BCUT2D eigenvalue weighted by Crippen LogP contribution is 2.44. The van der Waals surface area contributed by atoms with E-state index in [1.54, 1.807) is 11.8 Å². The van der Waals surface area contributed by atoms with Crippen molar-refractivity contribution in [3.8, 4) is 11.1 Å². The largest absolute Gasteiger partial charge is 0.449 e. The second kappa shape index (κ2) is 9.16. The maximum Gasteiger partial charge on any atom is 0.407 e. The first-order valence-corrected chi connectivity index (χ1v) is 10.7. The number of aliphatic hydroxyl groups is 1. The lowest BCUT2D eigenvalue weighted by atomic mass is 9.98. The lowest BCUT2D eigenvalue weighted by Crippen LogP contribution is -2.25. The van der Waals surface area contributed by atoms with Gasteiger partial charge in [0, 0.05) is 23.1 Å². The second-order valence-corrected chi connectivity index (χ2v) is 8.06. The molecule has 4 rings (SSSR count). The summed E-state index contributed by atoms with van der Waals surface area (Å²) in [7, 11) is 0. The molecule has 3 aromatic rings. The number of alkyl carbamates (subject to hydrolysis) is 1. The quantitative estimate of drug-likeness (QED) is 0.554. The van der Waals surface area contributed by atoms with Crippen molar-refractivity contribution in [2.45, 2.75) is 17.4 Å². The van der Waals surface area contributed by atoms with Crippen LogP contribution in [-0.2, 0) is 11.3 Å². The maximum atomic E-state index is 12.2. The van der Waals surface area contributed by atoms with Gasteiger partial charge in [0.15, 0.2) is 0 Å². The van der Waals surface area contributed by atoms with Gasteiger partial charge in [0.25, 0.3) is 0 Å². The van der Waals surface area contributed by atoms with Gasteiger partial charge in [0.05, 0.1) is 6.61 Å². The Morgan fingerprint density at radius 1 is 0.931 bits per heavy atom. The summed E-state index contributed by atoms with van der Waals surface area (Å²) < 4.78 is 5.56. The van der Waals surface area contributed by atoms with Crippen molar-refractivity contribution in [3.63, 3.8) is 0 Å². The van der Waals surface area contributed by atoms with E-state index >= 15 is 0 Å². The van der Waals surface area contributed by atoms with E-state index in [0.29, 0.717) is 18.9 Å². The first-order valence-electron chi connectivity index (χ1n) is 9.67. The van der Waals surface area contributed by atoms with Gasteiger partial charge in [-0.1, -0.05) is 60.7 Å². The number of thioether (sulfide) groups is 1. The van der Waals surface area contributed by atoms with Crippen LogP contribution in [0.3, 0.4) is 0 Å². The third-order valence-corrected chi connectivity index (χ3v) is 6.06. The highest BCUT2D eigenvalue weighted by Gasteiger charge is 2.28. The summed E-state index contributed by atoms with van der Waals surface area (Å²) in [6.45, 7) is 0.897. The molecule has 0 aliphatic heterocycles. The van der Waals surface area contributed by atoms with E-state index in [-0.39, 0.29) is 12.5 Å². The number of amides is 1. The van der Waals surface area contributed by atoms with E-state index < -0.39 is 6.09 Å². The Balaban J connectivity index is 1.33. The molecule has 29 heavy (non-hydrogen) atoms. The third kappa shape index (κ3) is 4.47. The standard InChI is InChI=1S/C24H23NO3S/c26-13-14-29-18-11-9-17(10-12-18)15-25-24(27)28-16-23-21-7-3-1-5-19(21)20-6-2-4-8-22(20)23/h1-12,23,26H,13-16H2,(H,25,27). The molecule has 1 aliphatic rings. The van der Waals surface area contributed by atoms with Gasteiger partial charge < -0.3 is 15.2 Å². The maximum absolute atomic E-state index is 12.2. The summed E-state index contributed by atoms with van der Waals surface area (Å²) in [5.41, 5.74) is 5.86. The number of ether oxygens (including phenoxy) is 1. The number of aliphatic hydroxyl groups excluding tert-OH is 1. The number of hydrogen-bond donors (Lipinski definition) is 2. The van der Waals surface area contributed by atoms with Crippen LogP contribution < -0.4 is 5.32 Å². The molecular formula is C24H23NO3S. The van der Waals surface area contributed by atoms with Crippen LogP contribution in [0.25, 0.3) is 11.1 Å². The highest BCUT2D eigenvalue weighted by atomic mass is 32.2. The predicted octanol–water partition coefficient (Wildman–Crippen LogP) is 4.81. The van der Waals surface area contributed by atoms with Crippen LogP contribution in [-0.4, -0.2) is 30.2 Å². The molecule has 0 saturated heterocycles. The van der Waals surface area contributed by atoms with Crippen molar-refractivity contribution < 1.29 is 14.6 Å². The average molecular weight is 406 g/mol. The molecule has 1 amide bonds. The Bertz CT molecular complexity index is 942. The summed E-state index contributed by atoms with van der Waals surface area (Å²) in [6.07, 6.45) is -0.411. The third-order valence-electron chi connectivity index (χ3n) is 5.06. The second-order valence-electron chi connectivity index (χ2n) is 6.90. The Labute approximate surface area is 174 Å². The summed E-state index contributed by atoms with van der Waals surface area (Å²) >= 11 is 1.60. The van der Waals surface area contributed by atoms with Crippen molar-refractivity contribution >= 4 is 17.9 Å². The number of carbonyl (C=O) groups is 1. The van der Waals surface area contributed by atoms with Crippen molar-refractivity contribution in [3.05, 3.63) is 89.5 Å². The number of carbonyl (C=O) groups excluding carboxylic acids is 1. The minimum atomic E-state index is -0.411. The zero-order valence-corrected chi connectivity index (χ0v) is 16.8. The molecule has 0 fully saturated rings. The molecule has 5 heteroatoms. The monoisotopic (exact) mass is 405 g/mol. The van der Waals surface area contributed by atoms with Crippen LogP contribution in [0.5, 0.6) is 0 Å². The van der Waals surface area contributed by atoms with Crippen LogP contribution in [0.1, 0.15) is 22.6 Å². The van der Waals surface area contributed by atoms with Crippen LogP contribution in [0.4, 0.5) is 4.79 Å². The topological polar surface area (TPSA) is 58.6 Å². The first kappa shape index (κ1) is 19.6. The Hall–Kier alpha value is -2.76. The molecular weight excluding hydrogens is 382 g/mol. The van der Waals surface area contributed by atoms with Crippen molar-refractivity contribution in [1.82, 2.24) is 5.32 Å². The van der Waals surface area contributed by atoms with Gasteiger partial charge >= 0.3 is 6.09 Å². The molecule has 4 nitrogen and oxygen atoms in total. The average Bonchev–Trinajstić information content (AvgIpc) is 3.09. The SMILES string of the molecule is O=C(NCc1ccc(SCCO)cc1)OCC1c2ccccc2-c2ccccc21. The van der Waals surface area contributed by atoms with Gasteiger partial charge in [-0.2, -0.15) is 0 Å². The molecule has 2 N–H and O–H groups in total. The minimum Gasteiger partial charge on any atom is -0.449 e. The van der Waals surface area contributed by atoms with Crippen LogP contribution in [0.2, 0.25) is 0 Å². The normalized spacial score (nSPS) is 12.3. The van der Waals surface area contributed by atoms with Crippen LogP contribution >= 0.6 is 11.8 Å². The van der Waals surface area contributed by atoms with Gasteiger partial charge in [0.2, 0.25) is 0 Å². The smallest absolute Gasteiger partial charge is 0.407 e. The van der Waals surface area contributed by atoms with E-state index in [9.17, 15) is 4.79 Å². The zero-order valence-electron chi connectivity index (χ0n) is 16.0. The van der Waals surface area contributed by atoms with Gasteiger partial charge in [-0.3, -0.25) is 0 Å². The molecule has 0 bridgehead atoms. The molecule has 0 spiro atoms. The number of hydrogen-bond acceptors (Lipinski definition) is 4. The molecule has 0 saturated carbocycles. The van der Waals surface area contributed by atoms with Crippen LogP contribution in [0.15, 0.2) is 77.7 Å².